The van der Waals surface area contributed by atoms with E-state index in [4.69, 9.17) is 27.9 Å². The Morgan fingerprint density at radius 2 is 2.24 bits per heavy atom. The predicted octanol–water partition coefficient (Wildman–Crippen LogP) is 2.43. The molecule has 1 aromatic rings. The first-order chi connectivity index (χ1) is 10.1. The van der Waals surface area contributed by atoms with Gasteiger partial charge in [-0.3, -0.25) is 4.79 Å². The first-order valence-electron chi connectivity index (χ1n) is 7.18. The Bertz CT molecular complexity index is 559. The van der Waals surface area contributed by atoms with Crippen molar-refractivity contribution in [3.63, 3.8) is 0 Å². The molecule has 1 saturated heterocycles. The van der Waals surface area contributed by atoms with Crippen molar-refractivity contribution in [2.24, 2.45) is 0 Å². The number of hydrogen-bond donors (Lipinski definition) is 1. The molecule has 21 heavy (non-hydrogen) atoms. The van der Waals surface area contributed by atoms with Gasteiger partial charge in [-0.2, -0.15) is 0 Å². The summed E-state index contributed by atoms with van der Waals surface area (Å²) in [5, 5.41) is 4.47. The van der Waals surface area contributed by atoms with Gasteiger partial charge in [0.25, 0.3) is 5.91 Å². The molecule has 1 N–H and O–H groups in total. The van der Waals surface area contributed by atoms with E-state index < -0.39 is 6.10 Å². The molecule has 2 atom stereocenters. The molecule has 2 heterocycles. The SMILES string of the molecule is CC1c2c(Cl)cc(Cl)cc2CCN1C(=O)[C@H]1CNCCO1. The van der Waals surface area contributed by atoms with Gasteiger partial charge in [-0.05, 0) is 36.6 Å². The average Bonchev–Trinajstić information content (AvgIpc) is 2.47. The largest absolute Gasteiger partial charge is 0.366 e. The third-order valence-electron chi connectivity index (χ3n) is 4.17. The lowest BCUT2D eigenvalue weighted by molar-refractivity contribution is -0.147. The Morgan fingerprint density at radius 3 is 2.95 bits per heavy atom. The van der Waals surface area contributed by atoms with E-state index in [-0.39, 0.29) is 11.9 Å². The molecule has 1 fully saturated rings. The van der Waals surface area contributed by atoms with Crippen molar-refractivity contribution in [1.82, 2.24) is 10.2 Å². The second kappa shape index (κ2) is 6.13. The summed E-state index contributed by atoms with van der Waals surface area (Å²) in [5.41, 5.74) is 2.14. The van der Waals surface area contributed by atoms with Crippen LogP contribution in [0.25, 0.3) is 0 Å². The summed E-state index contributed by atoms with van der Waals surface area (Å²) in [7, 11) is 0. The highest BCUT2D eigenvalue weighted by Gasteiger charge is 2.34. The van der Waals surface area contributed by atoms with E-state index in [9.17, 15) is 4.79 Å². The minimum absolute atomic E-state index is 0.0337. The van der Waals surface area contributed by atoms with E-state index in [0.717, 1.165) is 24.1 Å². The van der Waals surface area contributed by atoms with Crippen molar-refractivity contribution in [3.8, 4) is 0 Å². The molecule has 2 aliphatic rings. The fraction of sp³-hybridized carbons (Fsp3) is 0.533. The average molecular weight is 329 g/mol. The number of nitrogens with one attached hydrogen (secondary N) is 1. The van der Waals surface area contributed by atoms with Gasteiger partial charge in [-0.1, -0.05) is 23.2 Å². The van der Waals surface area contributed by atoms with Gasteiger partial charge in [-0.15, -0.1) is 0 Å². The maximum atomic E-state index is 12.6. The molecule has 6 heteroatoms. The monoisotopic (exact) mass is 328 g/mol. The number of benzene rings is 1. The van der Waals surface area contributed by atoms with Crippen LogP contribution in [0.5, 0.6) is 0 Å². The van der Waals surface area contributed by atoms with Crippen LogP contribution in [0, 0.1) is 0 Å². The minimum Gasteiger partial charge on any atom is -0.366 e. The maximum absolute atomic E-state index is 12.6. The molecular weight excluding hydrogens is 311 g/mol. The van der Waals surface area contributed by atoms with Crippen molar-refractivity contribution in [2.75, 3.05) is 26.2 Å². The van der Waals surface area contributed by atoms with Gasteiger partial charge in [0.05, 0.1) is 12.6 Å². The van der Waals surface area contributed by atoms with E-state index >= 15 is 0 Å². The Kier molecular flexibility index (Phi) is 4.41. The molecule has 4 nitrogen and oxygen atoms in total. The summed E-state index contributed by atoms with van der Waals surface area (Å²) in [5.74, 6) is 0.0337. The van der Waals surface area contributed by atoms with Crippen LogP contribution in [0.4, 0.5) is 0 Å². The lowest BCUT2D eigenvalue weighted by atomic mass is 9.93. The number of carbonyl (C=O) groups excluding carboxylic acids is 1. The highest BCUT2D eigenvalue weighted by molar-refractivity contribution is 6.35. The van der Waals surface area contributed by atoms with Crippen LogP contribution in [-0.4, -0.2) is 43.2 Å². The van der Waals surface area contributed by atoms with E-state index in [1.807, 2.05) is 17.9 Å². The Labute approximate surface area is 134 Å². The van der Waals surface area contributed by atoms with Gasteiger partial charge in [0.15, 0.2) is 0 Å². The number of ether oxygens (including phenoxy) is 1. The highest BCUT2D eigenvalue weighted by atomic mass is 35.5. The molecule has 0 bridgehead atoms. The van der Waals surface area contributed by atoms with E-state index in [1.54, 1.807) is 6.07 Å². The van der Waals surface area contributed by atoms with Gasteiger partial charge in [0, 0.05) is 29.7 Å². The number of nitrogens with zero attached hydrogens (tertiary/aromatic N) is 1. The number of morpholine rings is 1. The Morgan fingerprint density at radius 1 is 1.43 bits per heavy atom. The molecule has 0 spiro atoms. The molecule has 0 saturated carbocycles. The van der Waals surface area contributed by atoms with Crippen LogP contribution in [0.2, 0.25) is 10.0 Å². The number of rotatable bonds is 1. The van der Waals surface area contributed by atoms with Crippen molar-refractivity contribution >= 4 is 29.1 Å². The number of halogens is 2. The zero-order valence-electron chi connectivity index (χ0n) is 11.9. The second-order valence-corrected chi connectivity index (χ2v) is 6.33. The molecule has 1 unspecified atom stereocenters. The fourth-order valence-corrected chi connectivity index (χ4v) is 3.81. The normalized spacial score (nSPS) is 25.6. The summed E-state index contributed by atoms with van der Waals surface area (Å²) < 4.78 is 5.57. The number of fused-ring (bicyclic) bond motifs is 1. The third kappa shape index (κ3) is 2.90. The van der Waals surface area contributed by atoms with Gasteiger partial charge in [0.2, 0.25) is 0 Å². The molecule has 3 rings (SSSR count). The molecule has 0 aromatic heterocycles. The molecule has 114 valence electrons. The third-order valence-corrected chi connectivity index (χ3v) is 4.70. The summed E-state index contributed by atoms with van der Waals surface area (Å²) in [6.45, 7) is 4.62. The van der Waals surface area contributed by atoms with Crippen LogP contribution < -0.4 is 5.32 Å². The summed E-state index contributed by atoms with van der Waals surface area (Å²) in [4.78, 5) is 14.5. The summed E-state index contributed by atoms with van der Waals surface area (Å²) in [6, 6.07) is 3.63. The van der Waals surface area contributed by atoms with Crippen LogP contribution in [-0.2, 0) is 16.0 Å². The fourth-order valence-electron chi connectivity index (χ4n) is 3.11. The van der Waals surface area contributed by atoms with Crippen molar-refractivity contribution < 1.29 is 9.53 Å². The lowest BCUT2D eigenvalue weighted by Crippen LogP contribution is -2.51. The Balaban J connectivity index is 1.84. The van der Waals surface area contributed by atoms with E-state index in [2.05, 4.69) is 5.32 Å². The minimum atomic E-state index is -0.395. The smallest absolute Gasteiger partial charge is 0.253 e. The predicted molar refractivity (Wildman–Crippen MR) is 82.9 cm³/mol. The van der Waals surface area contributed by atoms with Crippen LogP contribution in [0.3, 0.4) is 0 Å². The quantitative estimate of drug-likeness (QED) is 0.860. The van der Waals surface area contributed by atoms with Crippen LogP contribution >= 0.6 is 23.2 Å². The molecule has 1 aromatic carbocycles. The Hall–Kier alpha value is -0.810. The summed E-state index contributed by atoms with van der Waals surface area (Å²) in [6.07, 6.45) is 0.375. The van der Waals surface area contributed by atoms with Gasteiger partial charge in [-0.25, -0.2) is 0 Å². The van der Waals surface area contributed by atoms with Gasteiger partial charge >= 0.3 is 0 Å². The topological polar surface area (TPSA) is 41.6 Å². The number of carbonyl (C=O) groups is 1. The first kappa shape index (κ1) is 15.1. The van der Waals surface area contributed by atoms with Crippen LogP contribution in [0.15, 0.2) is 12.1 Å². The lowest BCUT2D eigenvalue weighted by Gasteiger charge is -2.38. The van der Waals surface area contributed by atoms with Crippen LogP contribution in [0.1, 0.15) is 24.1 Å². The molecule has 2 aliphatic heterocycles. The summed E-state index contributed by atoms with van der Waals surface area (Å²) >= 11 is 12.4. The zero-order chi connectivity index (χ0) is 15.0. The molecule has 0 aliphatic carbocycles. The van der Waals surface area contributed by atoms with Crippen molar-refractivity contribution in [2.45, 2.75) is 25.5 Å². The zero-order valence-corrected chi connectivity index (χ0v) is 13.4. The van der Waals surface area contributed by atoms with E-state index in [1.165, 1.54) is 0 Å². The van der Waals surface area contributed by atoms with E-state index in [0.29, 0.717) is 29.7 Å². The van der Waals surface area contributed by atoms with Crippen molar-refractivity contribution in [1.29, 1.82) is 0 Å². The second-order valence-electron chi connectivity index (χ2n) is 5.48. The maximum Gasteiger partial charge on any atom is 0.253 e. The molecule has 1 amide bonds. The first-order valence-corrected chi connectivity index (χ1v) is 7.94. The van der Waals surface area contributed by atoms with Gasteiger partial charge in [0.1, 0.15) is 6.10 Å². The molecule has 0 radical (unpaired) electrons. The number of hydrogen-bond acceptors (Lipinski definition) is 3. The molecular formula is C15H18Cl2N2O2. The van der Waals surface area contributed by atoms with Crippen molar-refractivity contribution in [3.05, 3.63) is 33.3 Å². The van der Waals surface area contributed by atoms with Gasteiger partial charge < -0.3 is 15.0 Å². The highest BCUT2D eigenvalue weighted by Crippen LogP contribution is 2.37. The standard InChI is InChI=1S/C15H18Cl2N2O2/c1-9-14-10(6-11(16)7-12(14)17)2-4-19(9)15(20)13-8-18-3-5-21-13/h6-7,9,13,18H,2-5,8H2,1H3/t9?,13-/m1/s1. The number of amides is 1.